The highest BCUT2D eigenvalue weighted by Gasteiger charge is 2.06. The maximum atomic E-state index is 11.1. The van der Waals surface area contributed by atoms with Gasteiger partial charge in [0.25, 0.3) is 0 Å². The molecule has 6 nitrogen and oxygen atoms in total. The van der Waals surface area contributed by atoms with E-state index in [4.69, 9.17) is 0 Å². The molecule has 1 heterocycles. The Morgan fingerprint density at radius 1 is 1.17 bits per heavy atom. The Kier molecular flexibility index (Phi) is 6.51. The van der Waals surface area contributed by atoms with Crippen molar-refractivity contribution in [1.82, 2.24) is 19.7 Å². The third kappa shape index (κ3) is 6.41. The molecule has 132 valence electrons. The molecule has 2 rings (SSSR count). The third-order valence-corrected chi connectivity index (χ3v) is 4.42. The summed E-state index contributed by atoms with van der Waals surface area (Å²) in [6.45, 7) is 4.66. The fraction of sp³-hybridized carbons (Fsp3) is 0.529. The van der Waals surface area contributed by atoms with Crippen LogP contribution < -0.4 is 4.72 Å². The zero-order valence-electron chi connectivity index (χ0n) is 14.6. The Labute approximate surface area is 144 Å². The molecule has 7 heteroatoms. The van der Waals surface area contributed by atoms with Crippen molar-refractivity contribution in [3.05, 3.63) is 41.7 Å². The zero-order valence-corrected chi connectivity index (χ0v) is 15.4. The SMILES string of the molecule is CC(C)CCCCc1ccc(-n2cc(CNS(C)(=O)=O)nn2)cc1. The van der Waals surface area contributed by atoms with Crippen molar-refractivity contribution < 1.29 is 8.42 Å². The fourth-order valence-corrected chi connectivity index (χ4v) is 2.82. The Bertz CT molecular complexity index is 736. The van der Waals surface area contributed by atoms with Gasteiger partial charge in [0.15, 0.2) is 0 Å². The number of rotatable bonds is 9. The molecule has 0 radical (unpaired) electrons. The number of hydrogen-bond acceptors (Lipinski definition) is 4. The molecular formula is C17H26N4O2S. The lowest BCUT2D eigenvalue weighted by Gasteiger charge is -2.06. The van der Waals surface area contributed by atoms with Gasteiger partial charge in [-0.2, -0.15) is 0 Å². The van der Waals surface area contributed by atoms with Crippen molar-refractivity contribution in [1.29, 1.82) is 0 Å². The summed E-state index contributed by atoms with van der Waals surface area (Å²) in [7, 11) is -3.23. The lowest BCUT2D eigenvalue weighted by atomic mass is 10.0. The second kappa shape index (κ2) is 8.39. The maximum absolute atomic E-state index is 11.1. The zero-order chi connectivity index (χ0) is 17.6. The number of aryl methyl sites for hydroxylation is 1. The van der Waals surface area contributed by atoms with Gasteiger partial charge in [-0.1, -0.05) is 44.0 Å². The van der Waals surface area contributed by atoms with E-state index in [9.17, 15) is 8.42 Å². The smallest absolute Gasteiger partial charge is 0.209 e. The van der Waals surface area contributed by atoms with Crippen LogP contribution in [0.1, 0.15) is 44.4 Å². The highest BCUT2D eigenvalue weighted by atomic mass is 32.2. The predicted octanol–water partition coefficient (Wildman–Crippen LogP) is 2.69. The highest BCUT2D eigenvalue weighted by Crippen LogP contribution is 2.13. The number of unbranched alkanes of at least 4 members (excludes halogenated alkanes) is 1. The molecule has 0 bridgehead atoms. The second-order valence-corrected chi connectivity index (χ2v) is 8.39. The summed E-state index contributed by atoms with van der Waals surface area (Å²) in [5, 5.41) is 8.02. The number of aromatic nitrogens is 3. The minimum atomic E-state index is -3.23. The largest absolute Gasteiger partial charge is 0.220 e. The number of nitrogens with zero attached hydrogens (tertiary/aromatic N) is 3. The number of nitrogens with one attached hydrogen (secondary N) is 1. The highest BCUT2D eigenvalue weighted by molar-refractivity contribution is 7.88. The van der Waals surface area contributed by atoms with Gasteiger partial charge in [0.05, 0.1) is 30.4 Å². The summed E-state index contributed by atoms with van der Waals surface area (Å²) in [5.41, 5.74) is 2.82. The van der Waals surface area contributed by atoms with Gasteiger partial charge in [0.1, 0.15) is 0 Å². The van der Waals surface area contributed by atoms with Gasteiger partial charge >= 0.3 is 0 Å². The molecule has 1 aromatic heterocycles. The van der Waals surface area contributed by atoms with Gasteiger partial charge < -0.3 is 0 Å². The van der Waals surface area contributed by atoms with E-state index in [0.717, 1.165) is 24.3 Å². The summed E-state index contributed by atoms with van der Waals surface area (Å²) in [6.07, 6.45) is 7.70. The van der Waals surface area contributed by atoms with E-state index in [0.29, 0.717) is 5.69 Å². The second-order valence-electron chi connectivity index (χ2n) is 6.55. The standard InChI is InChI=1S/C17H26N4O2S/c1-14(2)6-4-5-7-15-8-10-17(11-9-15)21-13-16(19-20-21)12-18-24(3,22)23/h8-11,13-14,18H,4-7,12H2,1-3H3. The van der Waals surface area contributed by atoms with Crippen molar-refractivity contribution in [2.45, 2.75) is 46.1 Å². The summed E-state index contributed by atoms with van der Waals surface area (Å²) in [4.78, 5) is 0. The minimum Gasteiger partial charge on any atom is -0.220 e. The predicted molar refractivity (Wildman–Crippen MR) is 95.4 cm³/mol. The van der Waals surface area contributed by atoms with Crippen LogP contribution in [-0.4, -0.2) is 29.7 Å². The van der Waals surface area contributed by atoms with Crippen molar-refractivity contribution >= 4 is 10.0 Å². The number of benzene rings is 1. The first-order valence-electron chi connectivity index (χ1n) is 8.28. The molecule has 0 fully saturated rings. The number of sulfonamides is 1. The maximum Gasteiger partial charge on any atom is 0.209 e. The molecular weight excluding hydrogens is 324 g/mol. The first-order chi connectivity index (χ1) is 11.3. The molecule has 0 atom stereocenters. The third-order valence-electron chi connectivity index (χ3n) is 3.75. The van der Waals surface area contributed by atoms with E-state index < -0.39 is 10.0 Å². The first kappa shape index (κ1) is 18.6. The topological polar surface area (TPSA) is 76.9 Å². The monoisotopic (exact) mass is 350 g/mol. The summed E-state index contributed by atoms with van der Waals surface area (Å²) >= 11 is 0. The lowest BCUT2D eigenvalue weighted by Crippen LogP contribution is -2.21. The summed E-state index contributed by atoms with van der Waals surface area (Å²) in [6, 6.07) is 8.25. The van der Waals surface area contributed by atoms with Crippen LogP contribution in [-0.2, 0) is 23.0 Å². The van der Waals surface area contributed by atoms with Gasteiger partial charge in [-0.3, -0.25) is 0 Å². The Hall–Kier alpha value is -1.73. The Balaban J connectivity index is 1.90. The van der Waals surface area contributed by atoms with Crippen LogP contribution in [0.15, 0.2) is 30.5 Å². The molecule has 0 amide bonds. The normalized spacial score (nSPS) is 12.0. The quantitative estimate of drug-likeness (QED) is 0.705. The molecule has 1 N–H and O–H groups in total. The average molecular weight is 350 g/mol. The molecule has 0 aliphatic carbocycles. The van der Waals surface area contributed by atoms with Crippen molar-refractivity contribution in [2.24, 2.45) is 5.92 Å². The van der Waals surface area contributed by atoms with Crippen LogP contribution >= 0.6 is 0 Å². The minimum absolute atomic E-state index is 0.146. The molecule has 0 spiro atoms. The van der Waals surface area contributed by atoms with Crippen LogP contribution in [0.3, 0.4) is 0 Å². The van der Waals surface area contributed by atoms with Gasteiger partial charge in [-0.15, -0.1) is 5.10 Å². The Morgan fingerprint density at radius 2 is 1.88 bits per heavy atom. The van der Waals surface area contributed by atoms with Crippen LogP contribution in [0.2, 0.25) is 0 Å². The van der Waals surface area contributed by atoms with Gasteiger partial charge in [0.2, 0.25) is 10.0 Å². The molecule has 0 unspecified atom stereocenters. The fourth-order valence-electron chi connectivity index (χ4n) is 2.41. The van der Waals surface area contributed by atoms with E-state index in [2.05, 4.69) is 41.0 Å². The van der Waals surface area contributed by atoms with E-state index in [-0.39, 0.29) is 6.54 Å². The molecule has 2 aromatic rings. The van der Waals surface area contributed by atoms with E-state index >= 15 is 0 Å². The van der Waals surface area contributed by atoms with Crippen LogP contribution in [0.25, 0.3) is 5.69 Å². The van der Waals surface area contributed by atoms with E-state index in [1.165, 1.54) is 24.8 Å². The molecule has 0 aliphatic rings. The van der Waals surface area contributed by atoms with E-state index in [1.807, 2.05) is 12.1 Å². The number of hydrogen-bond donors (Lipinski definition) is 1. The van der Waals surface area contributed by atoms with Crippen molar-refractivity contribution in [2.75, 3.05) is 6.26 Å². The molecule has 0 saturated carbocycles. The summed E-state index contributed by atoms with van der Waals surface area (Å²) < 4.78 is 26.3. The van der Waals surface area contributed by atoms with Crippen molar-refractivity contribution in [3.8, 4) is 5.69 Å². The van der Waals surface area contributed by atoms with Crippen LogP contribution in [0.4, 0.5) is 0 Å². The molecule has 0 aliphatic heterocycles. The Morgan fingerprint density at radius 3 is 2.50 bits per heavy atom. The first-order valence-corrected chi connectivity index (χ1v) is 10.2. The summed E-state index contributed by atoms with van der Waals surface area (Å²) in [5.74, 6) is 0.770. The van der Waals surface area contributed by atoms with Gasteiger partial charge in [-0.25, -0.2) is 17.8 Å². The van der Waals surface area contributed by atoms with Gasteiger partial charge in [-0.05, 0) is 36.5 Å². The van der Waals surface area contributed by atoms with Crippen molar-refractivity contribution in [3.63, 3.8) is 0 Å². The van der Waals surface area contributed by atoms with Crippen LogP contribution in [0, 0.1) is 5.92 Å². The molecule has 24 heavy (non-hydrogen) atoms. The van der Waals surface area contributed by atoms with Gasteiger partial charge in [0, 0.05) is 0 Å². The van der Waals surface area contributed by atoms with E-state index in [1.54, 1.807) is 10.9 Å². The van der Waals surface area contributed by atoms with Crippen LogP contribution in [0.5, 0.6) is 0 Å². The molecule has 0 saturated heterocycles. The average Bonchev–Trinajstić information content (AvgIpc) is 2.98. The molecule has 1 aromatic carbocycles. The lowest BCUT2D eigenvalue weighted by molar-refractivity contribution is 0.538.